The lowest BCUT2D eigenvalue weighted by Crippen LogP contribution is -2.55. The molecule has 0 spiro atoms. The zero-order valence-corrected chi connectivity index (χ0v) is 15.1. The summed E-state index contributed by atoms with van der Waals surface area (Å²) in [5.41, 5.74) is 0.988. The van der Waals surface area contributed by atoms with E-state index < -0.39 is 17.5 Å². The van der Waals surface area contributed by atoms with E-state index in [2.05, 4.69) is 15.6 Å². The number of carboxylic acid groups (broad SMARTS) is 1. The molecule has 0 aliphatic heterocycles. The fourth-order valence-corrected chi connectivity index (χ4v) is 3.02. The number of aromatic amines is 1. The lowest BCUT2D eigenvalue weighted by molar-refractivity contribution is -0.121. The Labute approximate surface area is 156 Å². The molecule has 0 fully saturated rings. The predicted molar refractivity (Wildman–Crippen MR) is 103 cm³/mol. The summed E-state index contributed by atoms with van der Waals surface area (Å²) < 4.78 is 5.10. The molecule has 0 radical (unpaired) electrons. The monoisotopic (exact) mass is 367 g/mol. The van der Waals surface area contributed by atoms with Crippen LogP contribution in [-0.2, 0) is 11.2 Å². The summed E-state index contributed by atoms with van der Waals surface area (Å²) in [4.78, 5) is 27.4. The fraction of sp³-hybridized carbons (Fsp3) is 0.200. The second kappa shape index (κ2) is 7.41. The number of hydrogen-bond donors (Lipinski definition) is 4. The summed E-state index contributed by atoms with van der Waals surface area (Å²) in [6.45, 7) is 1.57. The lowest BCUT2D eigenvalue weighted by Gasteiger charge is -2.28. The minimum Gasteiger partial charge on any atom is -0.497 e. The van der Waals surface area contributed by atoms with Gasteiger partial charge in [-0.15, -0.1) is 0 Å². The van der Waals surface area contributed by atoms with E-state index >= 15 is 0 Å². The van der Waals surface area contributed by atoms with Crippen LogP contribution >= 0.6 is 0 Å². The van der Waals surface area contributed by atoms with Crippen LogP contribution in [0.15, 0.2) is 54.7 Å². The SMILES string of the molecule is COc1ccc(NC(=O)C(C)(Cc2c[nH]c3ccccc23)NC(=O)O)cc1. The molecule has 27 heavy (non-hydrogen) atoms. The topological polar surface area (TPSA) is 103 Å². The Morgan fingerprint density at radius 2 is 1.85 bits per heavy atom. The highest BCUT2D eigenvalue weighted by Gasteiger charge is 2.36. The van der Waals surface area contributed by atoms with E-state index in [0.29, 0.717) is 11.4 Å². The normalized spacial score (nSPS) is 13.0. The molecule has 3 aromatic rings. The van der Waals surface area contributed by atoms with Crippen molar-refractivity contribution in [1.82, 2.24) is 10.3 Å². The maximum absolute atomic E-state index is 12.9. The van der Waals surface area contributed by atoms with Gasteiger partial charge in [-0.05, 0) is 42.8 Å². The van der Waals surface area contributed by atoms with Crippen LogP contribution in [-0.4, -0.2) is 34.7 Å². The average Bonchev–Trinajstić information content (AvgIpc) is 3.04. The van der Waals surface area contributed by atoms with Crippen molar-refractivity contribution in [2.24, 2.45) is 0 Å². The zero-order valence-electron chi connectivity index (χ0n) is 15.1. The summed E-state index contributed by atoms with van der Waals surface area (Å²) >= 11 is 0. The summed E-state index contributed by atoms with van der Waals surface area (Å²) in [5.74, 6) is 0.221. The van der Waals surface area contributed by atoms with Gasteiger partial charge in [0.1, 0.15) is 11.3 Å². The highest BCUT2D eigenvalue weighted by Crippen LogP contribution is 2.24. The molecule has 2 aromatic carbocycles. The standard InChI is InChI=1S/C20H21N3O4/c1-20(23-19(25)26,11-13-12-21-17-6-4-3-5-16(13)17)18(24)22-14-7-9-15(27-2)10-8-14/h3-10,12,21,23H,11H2,1-2H3,(H,22,24)(H,25,26). The van der Waals surface area contributed by atoms with Gasteiger partial charge in [0.25, 0.3) is 0 Å². The fourth-order valence-electron chi connectivity index (χ4n) is 3.02. The molecule has 0 aliphatic rings. The van der Waals surface area contributed by atoms with Crippen LogP contribution in [0.2, 0.25) is 0 Å². The highest BCUT2D eigenvalue weighted by atomic mass is 16.5. The largest absolute Gasteiger partial charge is 0.497 e. The first-order chi connectivity index (χ1) is 12.9. The van der Waals surface area contributed by atoms with Gasteiger partial charge in [0.05, 0.1) is 7.11 Å². The Morgan fingerprint density at radius 1 is 1.15 bits per heavy atom. The second-order valence-electron chi connectivity index (χ2n) is 6.48. The molecule has 140 valence electrons. The third-order valence-corrected chi connectivity index (χ3v) is 4.45. The summed E-state index contributed by atoms with van der Waals surface area (Å²) in [7, 11) is 1.56. The maximum Gasteiger partial charge on any atom is 0.405 e. The number of benzene rings is 2. The zero-order chi connectivity index (χ0) is 19.4. The predicted octanol–water partition coefficient (Wildman–Crippen LogP) is 3.38. The van der Waals surface area contributed by atoms with E-state index in [1.807, 2.05) is 24.3 Å². The van der Waals surface area contributed by atoms with Crippen molar-refractivity contribution >= 4 is 28.6 Å². The van der Waals surface area contributed by atoms with E-state index in [-0.39, 0.29) is 6.42 Å². The number of nitrogens with one attached hydrogen (secondary N) is 3. The Morgan fingerprint density at radius 3 is 2.52 bits per heavy atom. The van der Waals surface area contributed by atoms with E-state index in [0.717, 1.165) is 16.5 Å². The van der Waals surface area contributed by atoms with Crippen LogP contribution in [0.3, 0.4) is 0 Å². The van der Waals surface area contributed by atoms with Gasteiger partial charge in [0.15, 0.2) is 0 Å². The molecule has 7 heteroatoms. The molecule has 2 amide bonds. The van der Waals surface area contributed by atoms with E-state index in [1.54, 1.807) is 44.5 Å². The van der Waals surface area contributed by atoms with Crippen LogP contribution < -0.4 is 15.4 Å². The van der Waals surface area contributed by atoms with Crippen molar-refractivity contribution in [3.05, 3.63) is 60.3 Å². The van der Waals surface area contributed by atoms with E-state index in [1.165, 1.54) is 0 Å². The van der Waals surface area contributed by atoms with Crippen LogP contribution in [0.4, 0.5) is 10.5 Å². The number of aromatic nitrogens is 1. The van der Waals surface area contributed by atoms with E-state index in [4.69, 9.17) is 4.74 Å². The van der Waals surface area contributed by atoms with Gasteiger partial charge in [0.2, 0.25) is 5.91 Å². The Bertz CT molecular complexity index is 965. The quantitative estimate of drug-likeness (QED) is 0.536. The van der Waals surface area contributed by atoms with Crippen molar-refractivity contribution in [3.63, 3.8) is 0 Å². The Hall–Kier alpha value is -3.48. The van der Waals surface area contributed by atoms with Crippen molar-refractivity contribution in [1.29, 1.82) is 0 Å². The number of carbonyl (C=O) groups excluding carboxylic acids is 1. The molecule has 0 aliphatic carbocycles. The lowest BCUT2D eigenvalue weighted by atomic mass is 9.91. The van der Waals surface area contributed by atoms with Gasteiger partial charge in [-0.2, -0.15) is 0 Å². The van der Waals surface area contributed by atoms with Crippen LogP contribution in [0, 0.1) is 0 Å². The first kappa shape index (κ1) is 18.3. The molecular weight excluding hydrogens is 346 g/mol. The van der Waals surface area contributed by atoms with Gasteiger partial charge in [-0.1, -0.05) is 18.2 Å². The number of H-pyrrole nitrogens is 1. The number of anilines is 1. The molecule has 1 unspecified atom stereocenters. The van der Waals surface area contributed by atoms with Crippen molar-refractivity contribution in [2.45, 2.75) is 18.9 Å². The number of hydrogen-bond acceptors (Lipinski definition) is 3. The molecule has 1 atom stereocenters. The van der Waals surface area contributed by atoms with Gasteiger partial charge >= 0.3 is 6.09 Å². The van der Waals surface area contributed by atoms with Gasteiger partial charge in [0, 0.05) is 29.2 Å². The first-order valence-electron chi connectivity index (χ1n) is 8.43. The van der Waals surface area contributed by atoms with Gasteiger partial charge in [-0.3, -0.25) is 4.79 Å². The molecular formula is C20H21N3O4. The second-order valence-corrected chi connectivity index (χ2v) is 6.48. The number of ether oxygens (including phenoxy) is 1. The van der Waals surface area contributed by atoms with Crippen LogP contribution in [0.1, 0.15) is 12.5 Å². The Balaban J connectivity index is 1.86. The number of rotatable bonds is 6. The molecule has 7 nitrogen and oxygen atoms in total. The van der Waals surface area contributed by atoms with Crippen LogP contribution in [0.25, 0.3) is 10.9 Å². The first-order valence-corrected chi connectivity index (χ1v) is 8.43. The van der Waals surface area contributed by atoms with Gasteiger partial charge < -0.3 is 25.5 Å². The third-order valence-electron chi connectivity index (χ3n) is 4.45. The molecule has 1 heterocycles. The van der Waals surface area contributed by atoms with Crippen molar-refractivity contribution in [3.8, 4) is 5.75 Å². The summed E-state index contributed by atoms with van der Waals surface area (Å²) in [5, 5.41) is 15.3. The number of carbonyl (C=O) groups is 2. The number of fused-ring (bicyclic) bond motifs is 1. The molecule has 0 saturated heterocycles. The smallest absolute Gasteiger partial charge is 0.405 e. The van der Waals surface area contributed by atoms with Crippen LogP contribution in [0.5, 0.6) is 5.75 Å². The Kier molecular flexibility index (Phi) is 5.03. The van der Waals surface area contributed by atoms with E-state index in [9.17, 15) is 14.7 Å². The molecule has 1 aromatic heterocycles. The maximum atomic E-state index is 12.9. The minimum absolute atomic E-state index is 0.200. The average molecular weight is 367 g/mol. The molecule has 3 rings (SSSR count). The number of amides is 2. The number of methoxy groups -OCH3 is 1. The minimum atomic E-state index is -1.35. The number of para-hydroxylation sites is 1. The molecule has 0 saturated carbocycles. The highest BCUT2D eigenvalue weighted by molar-refractivity contribution is 6.00. The molecule has 4 N–H and O–H groups in total. The summed E-state index contributed by atoms with van der Waals surface area (Å²) in [6, 6.07) is 14.5. The molecule has 0 bridgehead atoms. The van der Waals surface area contributed by atoms with Gasteiger partial charge in [-0.25, -0.2) is 4.79 Å². The van der Waals surface area contributed by atoms with Crippen molar-refractivity contribution in [2.75, 3.05) is 12.4 Å². The van der Waals surface area contributed by atoms with Crippen molar-refractivity contribution < 1.29 is 19.4 Å². The third kappa shape index (κ3) is 4.03. The summed E-state index contributed by atoms with van der Waals surface area (Å²) in [6.07, 6.45) is 0.737.